The van der Waals surface area contributed by atoms with Crippen LogP contribution in [0, 0.1) is 5.41 Å². The minimum atomic E-state index is -4.76. The van der Waals surface area contributed by atoms with Gasteiger partial charge in [0.2, 0.25) is 11.8 Å². The number of rotatable bonds is 3. The normalized spacial score (nSPS) is 23.2. The van der Waals surface area contributed by atoms with Crippen LogP contribution in [-0.2, 0) is 14.3 Å². The van der Waals surface area contributed by atoms with Gasteiger partial charge in [0.05, 0.1) is 6.61 Å². The molecule has 1 heterocycles. The molecule has 0 spiro atoms. The van der Waals surface area contributed by atoms with Gasteiger partial charge in [-0.25, -0.2) is 0 Å². The van der Waals surface area contributed by atoms with E-state index >= 15 is 0 Å². The molecular formula is C13H21F3N2O3. The number of hydrogen-bond donors (Lipinski definition) is 1. The number of nitrogens with zero attached hydrogens (tertiary/aromatic N) is 1. The van der Waals surface area contributed by atoms with E-state index in [4.69, 9.17) is 0 Å². The second-order valence-electron chi connectivity index (χ2n) is 6.68. The van der Waals surface area contributed by atoms with Crippen LogP contribution in [-0.4, -0.2) is 47.8 Å². The summed E-state index contributed by atoms with van der Waals surface area (Å²) in [6.45, 7) is 7.29. The van der Waals surface area contributed by atoms with Gasteiger partial charge in [0.15, 0.2) is 0 Å². The molecule has 122 valence electrons. The number of carbonyl (C=O) groups excluding carboxylic acids is 2. The maximum atomic E-state index is 12.4. The average molecular weight is 310 g/mol. The van der Waals surface area contributed by atoms with Gasteiger partial charge in [0.25, 0.3) is 0 Å². The van der Waals surface area contributed by atoms with E-state index in [9.17, 15) is 22.8 Å². The van der Waals surface area contributed by atoms with Crippen molar-refractivity contribution in [2.45, 2.75) is 52.6 Å². The molecule has 1 fully saturated rings. The number of hydrogen-bond acceptors (Lipinski definition) is 3. The van der Waals surface area contributed by atoms with Gasteiger partial charge in [-0.15, -0.1) is 13.2 Å². The first kappa shape index (κ1) is 17.7. The van der Waals surface area contributed by atoms with E-state index in [0.29, 0.717) is 0 Å². The number of piperazine rings is 1. The summed E-state index contributed by atoms with van der Waals surface area (Å²) >= 11 is 0. The highest BCUT2D eigenvalue weighted by Gasteiger charge is 2.49. The Balaban J connectivity index is 2.95. The highest BCUT2D eigenvalue weighted by Crippen LogP contribution is 2.30. The Hall–Kier alpha value is -1.31. The summed E-state index contributed by atoms with van der Waals surface area (Å²) in [7, 11) is 0. The fraction of sp³-hybridized carbons (Fsp3) is 0.846. The smallest absolute Gasteiger partial charge is 0.340 e. The topological polar surface area (TPSA) is 58.6 Å². The summed E-state index contributed by atoms with van der Waals surface area (Å²) in [6.07, 6.45) is -4.76. The Kier molecular flexibility index (Phi) is 4.62. The fourth-order valence-corrected chi connectivity index (χ4v) is 2.40. The number of alkyl halides is 3. The van der Waals surface area contributed by atoms with Gasteiger partial charge in [-0.05, 0) is 19.3 Å². The molecule has 0 aliphatic carbocycles. The lowest BCUT2D eigenvalue weighted by Gasteiger charge is -2.47. The molecule has 0 aromatic rings. The molecule has 1 saturated heterocycles. The van der Waals surface area contributed by atoms with Gasteiger partial charge in [0, 0.05) is 6.54 Å². The summed E-state index contributed by atoms with van der Waals surface area (Å²) < 4.78 is 39.9. The minimum Gasteiger partial charge on any atom is -0.340 e. The maximum Gasteiger partial charge on any atom is 0.522 e. The van der Waals surface area contributed by atoms with Crippen LogP contribution in [0.25, 0.3) is 0 Å². The highest BCUT2D eigenvalue weighted by atomic mass is 19.4. The van der Waals surface area contributed by atoms with Crippen molar-refractivity contribution in [2.75, 3.05) is 13.2 Å². The van der Waals surface area contributed by atoms with E-state index < -0.39 is 35.9 Å². The third-order valence-electron chi connectivity index (χ3n) is 3.21. The van der Waals surface area contributed by atoms with Crippen molar-refractivity contribution in [1.29, 1.82) is 0 Å². The van der Waals surface area contributed by atoms with Gasteiger partial charge < -0.3 is 10.2 Å². The molecular weight excluding hydrogens is 289 g/mol. The fourth-order valence-electron chi connectivity index (χ4n) is 2.40. The Morgan fingerprint density at radius 1 is 1.24 bits per heavy atom. The maximum absolute atomic E-state index is 12.4. The van der Waals surface area contributed by atoms with Crippen molar-refractivity contribution >= 4 is 11.8 Å². The first-order valence-corrected chi connectivity index (χ1v) is 6.59. The molecule has 0 bridgehead atoms. The molecule has 0 aromatic heterocycles. The van der Waals surface area contributed by atoms with Gasteiger partial charge in [-0.3, -0.25) is 14.3 Å². The third-order valence-corrected chi connectivity index (χ3v) is 3.21. The van der Waals surface area contributed by atoms with Gasteiger partial charge in [0.1, 0.15) is 11.6 Å². The van der Waals surface area contributed by atoms with Crippen LogP contribution in [0.5, 0.6) is 0 Å². The monoisotopic (exact) mass is 310 g/mol. The lowest BCUT2D eigenvalue weighted by Crippen LogP contribution is -2.71. The molecule has 1 N–H and O–H groups in total. The van der Waals surface area contributed by atoms with E-state index in [1.807, 2.05) is 0 Å². The lowest BCUT2D eigenvalue weighted by atomic mass is 9.81. The first-order chi connectivity index (χ1) is 9.26. The van der Waals surface area contributed by atoms with E-state index in [1.54, 1.807) is 20.8 Å². The standard InChI is InChI=1S/C13H21F3N2O3/c1-11(2,3)8-9(19)17-12(4,5)10(20)18(8)6-7-21-13(14,15)16/h8H,6-7H2,1-5H3,(H,17,19). The van der Waals surface area contributed by atoms with Crippen LogP contribution in [0.1, 0.15) is 34.6 Å². The van der Waals surface area contributed by atoms with Gasteiger partial charge >= 0.3 is 6.36 Å². The average Bonchev–Trinajstić information content (AvgIpc) is 2.20. The first-order valence-electron chi connectivity index (χ1n) is 6.59. The zero-order valence-electron chi connectivity index (χ0n) is 12.8. The summed E-state index contributed by atoms with van der Waals surface area (Å²) in [5.74, 6) is -0.799. The molecule has 1 aliphatic rings. The van der Waals surface area contributed by atoms with Crippen LogP contribution in [0.3, 0.4) is 0 Å². The molecule has 1 unspecified atom stereocenters. The van der Waals surface area contributed by atoms with Crippen molar-refractivity contribution in [3.05, 3.63) is 0 Å². The largest absolute Gasteiger partial charge is 0.522 e. The summed E-state index contributed by atoms with van der Waals surface area (Å²) in [5.41, 5.74) is -1.74. The summed E-state index contributed by atoms with van der Waals surface area (Å²) in [4.78, 5) is 25.8. The Labute approximate surface area is 121 Å². The number of carbonyl (C=O) groups is 2. The SMILES string of the molecule is CC1(C)NC(=O)C(C(C)(C)C)N(CCOC(F)(F)F)C1=O. The van der Waals surface area contributed by atoms with Crippen LogP contribution >= 0.6 is 0 Å². The van der Waals surface area contributed by atoms with Crippen molar-refractivity contribution in [3.63, 3.8) is 0 Å². The Bertz CT molecular complexity index is 427. The quantitative estimate of drug-likeness (QED) is 0.863. The molecule has 0 aromatic carbocycles. The van der Waals surface area contributed by atoms with E-state index in [-0.39, 0.29) is 12.5 Å². The van der Waals surface area contributed by atoms with E-state index in [1.165, 1.54) is 18.7 Å². The van der Waals surface area contributed by atoms with Crippen LogP contribution in [0.15, 0.2) is 0 Å². The van der Waals surface area contributed by atoms with Crippen molar-refractivity contribution in [3.8, 4) is 0 Å². The zero-order chi connectivity index (χ0) is 16.6. The van der Waals surface area contributed by atoms with Crippen LogP contribution < -0.4 is 5.32 Å². The third kappa shape index (κ3) is 4.33. The predicted octanol–water partition coefficient (Wildman–Crippen LogP) is 1.67. The molecule has 2 amide bonds. The van der Waals surface area contributed by atoms with Crippen LogP contribution in [0.2, 0.25) is 0 Å². The summed E-state index contributed by atoms with van der Waals surface area (Å²) in [5, 5.41) is 2.61. The molecule has 0 saturated carbocycles. The number of nitrogens with one attached hydrogen (secondary N) is 1. The van der Waals surface area contributed by atoms with E-state index in [2.05, 4.69) is 10.1 Å². The molecule has 5 nitrogen and oxygen atoms in total. The molecule has 8 heteroatoms. The second kappa shape index (κ2) is 5.47. The van der Waals surface area contributed by atoms with Crippen LogP contribution in [0.4, 0.5) is 13.2 Å². The summed E-state index contributed by atoms with van der Waals surface area (Å²) in [6, 6.07) is -0.838. The van der Waals surface area contributed by atoms with Crippen molar-refractivity contribution < 1.29 is 27.5 Å². The molecule has 21 heavy (non-hydrogen) atoms. The van der Waals surface area contributed by atoms with E-state index in [0.717, 1.165) is 0 Å². The van der Waals surface area contributed by atoms with Gasteiger partial charge in [-0.2, -0.15) is 0 Å². The second-order valence-corrected chi connectivity index (χ2v) is 6.68. The molecule has 0 radical (unpaired) electrons. The highest BCUT2D eigenvalue weighted by molar-refractivity contribution is 5.99. The zero-order valence-corrected chi connectivity index (χ0v) is 12.8. The Morgan fingerprint density at radius 3 is 2.19 bits per heavy atom. The molecule has 1 rings (SSSR count). The number of ether oxygens (including phenoxy) is 1. The van der Waals surface area contributed by atoms with Crippen molar-refractivity contribution in [2.24, 2.45) is 5.41 Å². The lowest BCUT2D eigenvalue weighted by molar-refractivity contribution is -0.325. The minimum absolute atomic E-state index is 0.295. The predicted molar refractivity (Wildman–Crippen MR) is 69.2 cm³/mol. The number of halogens is 3. The Morgan fingerprint density at radius 2 is 1.76 bits per heavy atom. The van der Waals surface area contributed by atoms with Crippen molar-refractivity contribution in [1.82, 2.24) is 10.2 Å². The molecule has 1 aliphatic heterocycles. The van der Waals surface area contributed by atoms with Gasteiger partial charge in [-0.1, -0.05) is 20.8 Å². The molecule has 1 atom stereocenters. The number of amides is 2.